The van der Waals surface area contributed by atoms with Gasteiger partial charge in [0, 0.05) is 5.56 Å². The number of rotatable bonds is 2. The monoisotopic (exact) mass is 339 g/mol. The summed E-state index contributed by atoms with van der Waals surface area (Å²) in [5.74, 6) is -2.17. The van der Waals surface area contributed by atoms with E-state index in [0.29, 0.717) is 0 Å². The molecule has 6 N–H and O–H groups in total. The van der Waals surface area contributed by atoms with Crippen molar-refractivity contribution in [2.45, 2.75) is 12.0 Å². The number of alkyl halides is 3. The number of nitrogens with one attached hydrogen (secondary N) is 2. The van der Waals surface area contributed by atoms with Gasteiger partial charge in [0.15, 0.2) is 0 Å². The molecule has 24 heavy (non-hydrogen) atoms. The van der Waals surface area contributed by atoms with Crippen LogP contribution in [0.5, 0.6) is 0 Å². The van der Waals surface area contributed by atoms with E-state index in [9.17, 15) is 17.6 Å². The van der Waals surface area contributed by atoms with Crippen molar-refractivity contribution in [1.29, 1.82) is 0 Å². The van der Waals surface area contributed by atoms with E-state index in [1.165, 1.54) is 24.3 Å². The molecule has 2 aromatic carbocycles. The van der Waals surface area contributed by atoms with Crippen LogP contribution in [-0.4, -0.2) is 5.96 Å². The molecule has 3 rings (SSSR count). The molecule has 1 atom stereocenters. The molecular weight excluding hydrogens is 326 g/mol. The Morgan fingerprint density at radius 2 is 1.71 bits per heavy atom. The maximum atomic E-state index is 13.5. The third-order valence-electron chi connectivity index (χ3n) is 3.60. The molecule has 0 bridgehead atoms. The number of guanidine groups is 1. The van der Waals surface area contributed by atoms with Crippen molar-refractivity contribution in [2.24, 2.45) is 16.5 Å². The molecule has 5 nitrogen and oxygen atoms in total. The van der Waals surface area contributed by atoms with Gasteiger partial charge in [-0.05, 0) is 29.3 Å². The van der Waals surface area contributed by atoms with E-state index in [4.69, 9.17) is 11.5 Å². The van der Waals surface area contributed by atoms with E-state index in [2.05, 4.69) is 15.8 Å². The molecule has 0 radical (unpaired) electrons. The Hall–Kier alpha value is -2.65. The smallest absolute Gasteiger partial charge is 0.369 e. The zero-order valence-electron chi connectivity index (χ0n) is 12.2. The van der Waals surface area contributed by atoms with Crippen molar-refractivity contribution in [3.8, 4) is 11.1 Å². The minimum absolute atomic E-state index is 0.0336. The summed E-state index contributed by atoms with van der Waals surface area (Å²) < 4.78 is 53.4. The molecule has 0 amide bonds. The molecule has 9 heteroatoms. The van der Waals surface area contributed by atoms with Gasteiger partial charge < -0.3 is 5.73 Å². The van der Waals surface area contributed by atoms with Crippen molar-refractivity contribution in [3.05, 3.63) is 59.4 Å². The number of nitrogens with two attached hydrogens (primary N) is 2. The maximum Gasteiger partial charge on any atom is 0.417 e. The first kappa shape index (κ1) is 16.2. The summed E-state index contributed by atoms with van der Waals surface area (Å²) in [4.78, 5) is 3.86. The predicted octanol–water partition coefficient (Wildman–Crippen LogP) is 2.00. The van der Waals surface area contributed by atoms with Gasteiger partial charge in [-0.25, -0.2) is 9.38 Å². The molecular formula is C15H13F4N5. The second kappa shape index (κ2) is 5.46. The van der Waals surface area contributed by atoms with E-state index in [1.54, 1.807) is 0 Å². The summed E-state index contributed by atoms with van der Waals surface area (Å²) in [6.07, 6.45) is -4.63. The first-order valence-corrected chi connectivity index (χ1v) is 6.84. The molecule has 1 heterocycles. The van der Waals surface area contributed by atoms with Gasteiger partial charge in [0.1, 0.15) is 5.82 Å². The molecule has 0 saturated heterocycles. The highest BCUT2D eigenvalue weighted by molar-refractivity contribution is 5.79. The van der Waals surface area contributed by atoms with Crippen molar-refractivity contribution < 1.29 is 17.6 Å². The normalized spacial score (nSPS) is 20.6. The van der Waals surface area contributed by atoms with Crippen LogP contribution >= 0.6 is 0 Å². The Morgan fingerprint density at radius 3 is 2.25 bits per heavy atom. The van der Waals surface area contributed by atoms with Gasteiger partial charge in [-0.3, -0.25) is 11.2 Å². The summed E-state index contributed by atoms with van der Waals surface area (Å²) in [7, 11) is 0. The van der Waals surface area contributed by atoms with Crippen LogP contribution in [0.3, 0.4) is 0 Å². The third kappa shape index (κ3) is 2.91. The second-order valence-corrected chi connectivity index (χ2v) is 5.28. The van der Waals surface area contributed by atoms with Crippen molar-refractivity contribution >= 4 is 5.96 Å². The fourth-order valence-electron chi connectivity index (χ4n) is 2.44. The lowest BCUT2D eigenvalue weighted by molar-refractivity contribution is -0.137. The van der Waals surface area contributed by atoms with E-state index in [1.807, 2.05) is 0 Å². The first-order chi connectivity index (χ1) is 11.2. The summed E-state index contributed by atoms with van der Waals surface area (Å²) in [6.45, 7) is 0. The highest BCUT2D eigenvalue weighted by Crippen LogP contribution is 2.39. The number of nitrogens with zero attached hydrogens (tertiary/aromatic N) is 1. The average molecular weight is 339 g/mol. The number of benzene rings is 2. The zero-order chi connectivity index (χ0) is 17.5. The van der Waals surface area contributed by atoms with Crippen LogP contribution in [0.4, 0.5) is 17.6 Å². The minimum Gasteiger partial charge on any atom is -0.369 e. The molecule has 0 fully saturated rings. The van der Waals surface area contributed by atoms with Crippen LogP contribution in [0.15, 0.2) is 47.5 Å². The second-order valence-electron chi connectivity index (χ2n) is 5.28. The molecule has 0 spiro atoms. The van der Waals surface area contributed by atoms with Gasteiger partial charge >= 0.3 is 6.18 Å². The van der Waals surface area contributed by atoms with Crippen LogP contribution in [0.25, 0.3) is 11.1 Å². The third-order valence-corrected chi connectivity index (χ3v) is 3.60. The standard InChI is InChI=1S/C15H13F4N5/c16-10-4-1-8(2-5-10)11-6-3-9(7-12(11)14(17,18)19)15(21)22-13(20)23-24-15/h1-7,24H,21H2,(H3,20,22,23). The number of hydrazine groups is 1. The van der Waals surface area contributed by atoms with Gasteiger partial charge in [0.2, 0.25) is 11.7 Å². The lowest BCUT2D eigenvalue weighted by atomic mass is 9.95. The maximum absolute atomic E-state index is 13.5. The molecule has 0 aromatic heterocycles. The van der Waals surface area contributed by atoms with Gasteiger partial charge in [0.25, 0.3) is 0 Å². The molecule has 1 unspecified atom stereocenters. The molecule has 0 saturated carbocycles. The lowest BCUT2D eigenvalue weighted by Crippen LogP contribution is -2.50. The van der Waals surface area contributed by atoms with Crippen LogP contribution in [0, 0.1) is 5.82 Å². The van der Waals surface area contributed by atoms with Gasteiger partial charge in [0.05, 0.1) is 5.56 Å². The summed E-state index contributed by atoms with van der Waals surface area (Å²) in [5.41, 5.74) is 15.7. The van der Waals surface area contributed by atoms with Gasteiger partial charge in [-0.1, -0.05) is 24.3 Å². The van der Waals surface area contributed by atoms with Gasteiger partial charge in [-0.2, -0.15) is 18.6 Å². The van der Waals surface area contributed by atoms with E-state index < -0.39 is 23.3 Å². The predicted molar refractivity (Wildman–Crippen MR) is 80.6 cm³/mol. The molecule has 1 aliphatic rings. The minimum atomic E-state index is -4.63. The largest absolute Gasteiger partial charge is 0.417 e. The highest BCUT2D eigenvalue weighted by Gasteiger charge is 2.38. The lowest BCUT2D eigenvalue weighted by Gasteiger charge is -2.23. The van der Waals surface area contributed by atoms with Crippen LogP contribution in [0.1, 0.15) is 11.1 Å². The molecule has 2 aromatic rings. The Kier molecular flexibility index (Phi) is 3.69. The fourth-order valence-corrected chi connectivity index (χ4v) is 2.44. The quantitative estimate of drug-likeness (QED) is 0.630. The number of hydrogen-bond donors (Lipinski definition) is 4. The van der Waals surface area contributed by atoms with E-state index >= 15 is 0 Å². The first-order valence-electron chi connectivity index (χ1n) is 6.84. The van der Waals surface area contributed by atoms with Crippen molar-refractivity contribution in [3.63, 3.8) is 0 Å². The SMILES string of the molecule is NC1=NC(N)(c2ccc(-c3ccc(F)cc3)c(C(F)(F)F)c2)NN1. The molecule has 1 aliphatic heterocycles. The van der Waals surface area contributed by atoms with Crippen LogP contribution < -0.4 is 22.3 Å². The van der Waals surface area contributed by atoms with Crippen molar-refractivity contribution in [2.75, 3.05) is 0 Å². The number of halogens is 4. The summed E-state index contributed by atoms with van der Waals surface area (Å²) >= 11 is 0. The topological polar surface area (TPSA) is 88.5 Å². The number of hydrogen-bond acceptors (Lipinski definition) is 5. The Balaban J connectivity index is 2.13. The summed E-state index contributed by atoms with van der Waals surface area (Å²) in [6, 6.07) is 8.33. The van der Waals surface area contributed by atoms with E-state index in [0.717, 1.165) is 18.2 Å². The van der Waals surface area contributed by atoms with E-state index in [-0.39, 0.29) is 22.6 Å². The Morgan fingerprint density at radius 1 is 1.04 bits per heavy atom. The Bertz CT molecular complexity index is 801. The zero-order valence-corrected chi connectivity index (χ0v) is 12.2. The van der Waals surface area contributed by atoms with Gasteiger partial charge in [-0.15, -0.1) is 0 Å². The molecule has 126 valence electrons. The number of aliphatic imine (C=N–C) groups is 1. The highest BCUT2D eigenvalue weighted by atomic mass is 19.4. The Labute approximate surface area is 134 Å². The molecule has 0 aliphatic carbocycles. The van der Waals surface area contributed by atoms with Crippen LogP contribution in [-0.2, 0) is 12.0 Å². The fraction of sp³-hybridized carbons (Fsp3) is 0.133. The van der Waals surface area contributed by atoms with Crippen molar-refractivity contribution in [1.82, 2.24) is 10.9 Å². The van der Waals surface area contributed by atoms with Crippen LogP contribution in [0.2, 0.25) is 0 Å². The average Bonchev–Trinajstić information content (AvgIpc) is 2.87. The summed E-state index contributed by atoms with van der Waals surface area (Å²) in [5, 5.41) is 0.